The van der Waals surface area contributed by atoms with Crippen molar-refractivity contribution in [3.63, 3.8) is 0 Å². The Morgan fingerprint density at radius 2 is 1.68 bits per heavy atom. The van der Waals surface area contributed by atoms with Crippen molar-refractivity contribution in [2.75, 3.05) is 0 Å². The number of hydrogen-bond donors (Lipinski definition) is 0. The Morgan fingerprint density at radius 3 is 2.16 bits per heavy atom. The van der Waals surface area contributed by atoms with Gasteiger partial charge in [0.25, 0.3) is 0 Å². The largest absolute Gasteiger partial charge is 0.375 e. The van der Waals surface area contributed by atoms with Crippen molar-refractivity contribution in [2.24, 2.45) is 11.8 Å². The molecule has 1 fully saturated rings. The molecule has 4 heteroatoms. The number of hydrogen-bond acceptors (Lipinski definition) is 2. The second kappa shape index (κ2) is 5.37. The van der Waals surface area contributed by atoms with Gasteiger partial charge in [0, 0.05) is 18.4 Å². The summed E-state index contributed by atoms with van der Waals surface area (Å²) < 4.78 is 31.8. The fourth-order valence-corrected chi connectivity index (χ4v) is 2.85. The number of carbonyl (C=O) groups excluding carboxylic acids is 1. The summed E-state index contributed by atoms with van der Waals surface area (Å²) in [5, 5.41) is 0. The molecule has 0 bridgehead atoms. The third kappa shape index (κ3) is 3.00. The van der Waals surface area contributed by atoms with Crippen molar-refractivity contribution < 1.29 is 18.3 Å². The summed E-state index contributed by atoms with van der Waals surface area (Å²) in [5.41, 5.74) is 0.376. The lowest BCUT2D eigenvalue weighted by atomic mass is 9.84. The zero-order valence-corrected chi connectivity index (χ0v) is 11.3. The van der Waals surface area contributed by atoms with Gasteiger partial charge in [-0.3, -0.25) is 4.79 Å². The van der Waals surface area contributed by atoms with Gasteiger partial charge in [0.2, 0.25) is 0 Å². The molecule has 0 aliphatic carbocycles. The van der Waals surface area contributed by atoms with E-state index in [0.29, 0.717) is 5.56 Å². The van der Waals surface area contributed by atoms with Gasteiger partial charge in [-0.15, -0.1) is 0 Å². The van der Waals surface area contributed by atoms with Crippen molar-refractivity contribution in [1.82, 2.24) is 0 Å². The minimum atomic E-state index is -0.653. The summed E-state index contributed by atoms with van der Waals surface area (Å²) in [6.45, 7) is 5.79. The van der Waals surface area contributed by atoms with Gasteiger partial charge in [-0.05, 0) is 37.5 Å². The Labute approximate surface area is 111 Å². The molecule has 104 valence electrons. The predicted molar refractivity (Wildman–Crippen MR) is 67.7 cm³/mol. The van der Waals surface area contributed by atoms with Crippen LogP contribution in [0.25, 0.3) is 0 Å². The van der Waals surface area contributed by atoms with Crippen molar-refractivity contribution in [2.45, 2.75) is 39.4 Å². The molecular formula is C15H18F2O2. The van der Waals surface area contributed by atoms with Crippen LogP contribution in [0.3, 0.4) is 0 Å². The van der Waals surface area contributed by atoms with E-state index in [1.807, 2.05) is 20.8 Å². The quantitative estimate of drug-likeness (QED) is 0.842. The maximum absolute atomic E-state index is 13.1. The molecule has 1 aromatic rings. The number of ether oxygens (including phenoxy) is 1. The second-order valence-corrected chi connectivity index (χ2v) is 5.35. The van der Waals surface area contributed by atoms with Gasteiger partial charge in [-0.2, -0.15) is 0 Å². The first kappa shape index (κ1) is 14.1. The van der Waals surface area contributed by atoms with Crippen molar-refractivity contribution in [1.29, 1.82) is 0 Å². The lowest BCUT2D eigenvalue weighted by Gasteiger charge is -2.17. The Bertz CT molecular complexity index is 467. The van der Waals surface area contributed by atoms with Crippen LogP contribution in [0.4, 0.5) is 8.78 Å². The molecule has 2 rings (SSSR count). The Morgan fingerprint density at radius 1 is 1.11 bits per heavy atom. The highest BCUT2D eigenvalue weighted by Gasteiger charge is 2.40. The van der Waals surface area contributed by atoms with E-state index >= 15 is 0 Å². The van der Waals surface area contributed by atoms with E-state index in [-0.39, 0.29) is 36.2 Å². The molecule has 0 spiro atoms. The molecular weight excluding hydrogens is 250 g/mol. The molecule has 0 radical (unpaired) electrons. The summed E-state index contributed by atoms with van der Waals surface area (Å²) in [6.07, 6.45) is -0.0616. The maximum Gasteiger partial charge on any atom is 0.143 e. The molecule has 1 aliphatic rings. The van der Waals surface area contributed by atoms with Crippen LogP contribution in [0.1, 0.15) is 26.3 Å². The Kier molecular flexibility index (Phi) is 3.99. The number of benzene rings is 1. The second-order valence-electron chi connectivity index (χ2n) is 5.35. The van der Waals surface area contributed by atoms with Crippen LogP contribution >= 0.6 is 0 Å². The third-order valence-corrected chi connectivity index (χ3v) is 3.91. The van der Waals surface area contributed by atoms with E-state index in [1.165, 1.54) is 12.1 Å². The molecule has 0 N–H and O–H groups in total. The molecule has 4 atom stereocenters. The van der Waals surface area contributed by atoms with Crippen molar-refractivity contribution in [3.05, 3.63) is 35.4 Å². The lowest BCUT2D eigenvalue weighted by Crippen LogP contribution is -2.28. The molecule has 19 heavy (non-hydrogen) atoms. The minimum absolute atomic E-state index is 0.0191. The maximum atomic E-state index is 13.1. The summed E-state index contributed by atoms with van der Waals surface area (Å²) in [4.78, 5) is 12.3. The zero-order chi connectivity index (χ0) is 14.2. The van der Waals surface area contributed by atoms with Crippen LogP contribution < -0.4 is 0 Å². The first-order valence-corrected chi connectivity index (χ1v) is 6.51. The lowest BCUT2D eigenvalue weighted by molar-refractivity contribution is -0.124. The Balaban J connectivity index is 2.13. The number of halogens is 2. The summed E-state index contributed by atoms with van der Waals surface area (Å²) in [7, 11) is 0. The van der Waals surface area contributed by atoms with E-state index in [2.05, 4.69) is 0 Å². The molecule has 2 nitrogen and oxygen atoms in total. The zero-order valence-electron chi connectivity index (χ0n) is 11.3. The van der Waals surface area contributed by atoms with Crippen molar-refractivity contribution >= 4 is 5.78 Å². The summed E-state index contributed by atoms with van der Waals surface area (Å²) in [6, 6.07) is 3.21. The molecule has 0 aromatic heterocycles. The van der Waals surface area contributed by atoms with Crippen molar-refractivity contribution in [3.8, 4) is 0 Å². The summed E-state index contributed by atoms with van der Waals surface area (Å²) >= 11 is 0. The van der Waals surface area contributed by atoms with Crippen LogP contribution in [0.2, 0.25) is 0 Å². The van der Waals surface area contributed by atoms with E-state index in [4.69, 9.17) is 4.74 Å². The van der Waals surface area contributed by atoms with Gasteiger partial charge >= 0.3 is 0 Å². The SMILES string of the molecule is CC1OC(C)C(C(=O)Cc2cc(F)cc(F)c2)C1C. The van der Waals surface area contributed by atoms with Gasteiger partial charge in [0.1, 0.15) is 17.4 Å². The molecule has 1 aromatic carbocycles. The fraction of sp³-hybridized carbons (Fsp3) is 0.533. The fourth-order valence-electron chi connectivity index (χ4n) is 2.85. The number of ketones is 1. The van der Waals surface area contributed by atoms with E-state index in [1.54, 1.807) is 0 Å². The summed E-state index contributed by atoms with van der Waals surface area (Å²) in [5.74, 6) is -1.41. The predicted octanol–water partition coefficient (Wildman–Crippen LogP) is 3.14. The monoisotopic (exact) mass is 268 g/mol. The van der Waals surface area contributed by atoms with Gasteiger partial charge in [0.15, 0.2) is 0 Å². The molecule has 1 heterocycles. The molecule has 1 aliphatic heterocycles. The third-order valence-electron chi connectivity index (χ3n) is 3.91. The average molecular weight is 268 g/mol. The average Bonchev–Trinajstić information content (AvgIpc) is 2.51. The van der Waals surface area contributed by atoms with Crippen LogP contribution in [-0.2, 0) is 16.0 Å². The van der Waals surface area contributed by atoms with Crippen LogP contribution in [0.15, 0.2) is 18.2 Å². The first-order valence-electron chi connectivity index (χ1n) is 6.51. The topological polar surface area (TPSA) is 26.3 Å². The highest BCUT2D eigenvalue weighted by Crippen LogP contribution is 2.33. The number of rotatable bonds is 3. The van der Waals surface area contributed by atoms with Gasteiger partial charge in [0.05, 0.1) is 12.2 Å². The van der Waals surface area contributed by atoms with Crippen LogP contribution in [0, 0.1) is 23.5 Å². The van der Waals surface area contributed by atoms with Crippen LogP contribution in [-0.4, -0.2) is 18.0 Å². The van der Waals surface area contributed by atoms with Crippen LogP contribution in [0.5, 0.6) is 0 Å². The van der Waals surface area contributed by atoms with Gasteiger partial charge < -0.3 is 4.74 Å². The molecule has 0 saturated carbocycles. The standard InChI is InChI=1S/C15H18F2O2/c1-8-9(2)19-10(3)15(8)14(18)6-11-4-12(16)7-13(17)5-11/h4-5,7-10,15H,6H2,1-3H3. The molecule has 0 amide bonds. The molecule has 4 unspecified atom stereocenters. The minimum Gasteiger partial charge on any atom is -0.375 e. The van der Waals surface area contributed by atoms with Gasteiger partial charge in [-0.25, -0.2) is 8.78 Å². The highest BCUT2D eigenvalue weighted by atomic mass is 19.1. The van der Waals surface area contributed by atoms with E-state index < -0.39 is 11.6 Å². The molecule has 1 saturated heterocycles. The highest BCUT2D eigenvalue weighted by molar-refractivity contribution is 5.84. The normalized spacial score (nSPS) is 30.6. The van der Waals surface area contributed by atoms with Gasteiger partial charge in [-0.1, -0.05) is 6.92 Å². The van der Waals surface area contributed by atoms with E-state index in [0.717, 1.165) is 6.07 Å². The Hall–Kier alpha value is -1.29. The first-order chi connectivity index (χ1) is 8.88. The van der Waals surface area contributed by atoms with E-state index in [9.17, 15) is 13.6 Å². The number of Topliss-reactive ketones (excluding diaryl/α,β-unsaturated/α-hetero) is 1. The number of carbonyl (C=O) groups is 1. The smallest absolute Gasteiger partial charge is 0.143 e.